The SMILES string of the molecule is CC(C)CSC1CCC(CO)(NC(C)C)C1. The summed E-state index contributed by atoms with van der Waals surface area (Å²) in [6, 6.07) is 0.459. The van der Waals surface area contributed by atoms with E-state index >= 15 is 0 Å². The fourth-order valence-corrected chi connectivity index (χ4v) is 3.86. The first kappa shape index (κ1) is 14.3. The molecular formula is C13H27NOS. The van der Waals surface area contributed by atoms with Crippen molar-refractivity contribution >= 4 is 11.8 Å². The minimum Gasteiger partial charge on any atom is -0.394 e. The van der Waals surface area contributed by atoms with Gasteiger partial charge in [0.05, 0.1) is 6.61 Å². The maximum atomic E-state index is 9.59. The van der Waals surface area contributed by atoms with Crippen LogP contribution in [0.25, 0.3) is 0 Å². The molecule has 2 nitrogen and oxygen atoms in total. The molecule has 0 aliphatic heterocycles. The Kier molecular flexibility index (Phi) is 5.62. The van der Waals surface area contributed by atoms with Crippen LogP contribution in [0.1, 0.15) is 47.0 Å². The van der Waals surface area contributed by atoms with E-state index in [2.05, 4.69) is 44.8 Å². The Bertz CT molecular complexity index is 208. The molecule has 0 amide bonds. The van der Waals surface area contributed by atoms with E-state index in [1.165, 1.54) is 12.2 Å². The molecule has 2 atom stereocenters. The van der Waals surface area contributed by atoms with Gasteiger partial charge in [0, 0.05) is 16.8 Å². The maximum absolute atomic E-state index is 9.59. The summed E-state index contributed by atoms with van der Waals surface area (Å²) in [5.74, 6) is 2.01. The van der Waals surface area contributed by atoms with Gasteiger partial charge in [-0.1, -0.05) is 27.7 Å². The van der Waals surface area contributed by atoms with Gasteiger partial charge in [0.2, 0.25) is 0 Å². The van der Waals surface area contributed by atoms with Crippen LogP contribution in [0.15, 0.2) is 0 Å². The lowest BCUT2D eigenvalue weighted by atomic mass is 9.98. The van der Waals surface area contributed by atoms with Crippen LogP contribution in [0.4, 0.5) is 0 Å². The molecule has 0 bridgehead atoms. The third-order valence-electron chi connectivity index (χ3n) is 3.13. The topological polar surface area (TPSA) is 32.3 Å². The zero-order valence-corrected chi connectivity index (χ0v) is 11.9. The van der Waals surface area contributed by atoms with Crippen LogP contribution >= 0.6 is 11.8 Å². The molecule has 1 rings (SSSR count). The Hall–Kier alpha value is 0.270. The van der Waals surface area contributed by atoms with Gasteiger partial charge >= 0.3 is 0 Å². The molecular weight excluding hydrogens is 218 g/mol. The van der Waals surface area contributed by atoms with E-state index < -0.39 is 0 Å². The number of rotatable bonds is 6. The van der Waals surface area contributed by atoms with E-state index in [1.807, 2.05) is 0 Å². The highest BCUT2D eigenvalue weighted by Gasteiger charge is 2.38. The zero-order chi connectivity index (χ0) is 12.2. The lowest BCUT2D eigenvalue weighted by Gasteiger charge is -2.31. The fraction of sp³-hybridized carbons (Fsp3) is 1.00. The number of hydrogen-bond acceptors (Lipinski definition) is 3. The highest BCUT2D eigenvalue weighted by molar-refractivity contribution is 7.99. The Labute approximate surface area is 105 Å². The third-order valence-corrected chi connectivity index (χ3v) is 4.86. The number of aliphatic hydroxyl groups excluding tert-OH is 1. The lowest BCUT2D eigenvalue weighted by molar-refractivity contribution is 0.156. The number of thioether (sulfide) groups is 1. The number of aliphatic hydroxyl groups is 1. The molecule has 1 fully saturated rings. The van der Waals surface area contributed by atoms with Gasteiger partial charge in [-0.2, -0.15) is 11.8 Å². The molecule has 1 aliphatic carbocycles. The zero-order valence-electron chi connectivity index (χ0n) is 11.1. The molecule has 3 heteroatoms. The summed E-state index contributed by atoms with van der Waals surface area (Å²) in [6.07, 6.45) is 3.49. The molecule has 2 unspecified atom stereocenters. The Morgan fingerprint density at radius 3 is 2.56 bits per heavy atom. The van der Waals surface area contributed by atoms with Gasteiger partial charge in [-0.3, -0.25) is 0 Å². The van der Waals surface area contributed by atoms with E-state index in [1.54, 1.807) is 0 Å². The molecule has 0 aromatic carbocycles. The van der Waals surface area contributed by atoms with E-state index in [9.17, 15) is 5.11 Å². The summed E-state index contributed by atoms with van der Waals surface area (Å²) in [6.45, 7) is 9.14. The van der Waals surface area contributed by atoms with E-state index in [0.717, 1.165) is 24.0 Å². The second-order valence-corrected chi connectivity index (χ2v) is 7.16. The van der Waals surface area contributed by atoms with Crippen molar-refractivity contribution in [1.82, 2.24) is 5.32 Å². The van der Waals surface area contributed by atoms with E-state index in [0.29, 0.717) is 6.04 Å². The van der Waals surface area contributed by atoms with Gasteiger partial charge in [-0.05, 0) is 30.9 Å². The van der Waals surface area contributed by atoms with Crippen molar-refractivity contribution in [3.8, 4) is 0 Å². The molecule has 1 saturated carbocycles. The van der Waals surface area contributed by atoms with Crippen molar-refractivity contribution in [2.45, 2.75) is 63.8 Å². The molecule has 1 aliphatic rings. The molecule has 0 aromatic heterocycles. The summed E-state index contributed by atoms with van der Waals surface area (Å²) in [5, 5.41) is 13.9. The molecule has 0 spiro atoms. The van der Waals surface area contributed by atoms with Gasteiger partial charge in [-0.15, -0.1) is 0 Å². The van der Waals surface area contributed by atoms with Crippen molar-refractivity contribution in [3.63, 3.8) is 0 Å². The van der Waals surface area contributed by atoms with E-state index in [4.69, 9.17) is 0 Å². The van der Waals surface area contributed by atoms with Crippen molar-refractivity contribution < 1.29 is 5.11 Å². The van der Waals surface area contributed by atoms with E-state index in [-0.39, 0.29) is 12.1 Å². The Morgan fingerprint density at radius 1 is 1.38 bits per heavy atom. The number of hydrogen-bond donors (Lipinski definition) is 2. The van der Waals surface area contributed by atoms with Gasteiger partial charge < -0.3 is 10.4 Å². The molecule has 0 aromatic rings. The highest BCUT2D eigenvalue weighted by Crippen LogP contribution is 2.37. The minimum atomic E-state index is 0.00279. The molecule has 2 N–H and O–H groups in total. The third kappa shape index (κ3) is 4.27. The standard InChI is InChI=1S/C13H27NOS/c1-10(2)8-16-12-5-6-13(7-12,9-15)14-11(3)4/h10-12,14-15H,5-9H2,1-4H3. The summed E-state index contributed by atoms with van der Waals surface area (Å²) >= 11 is 2.09. The van der Waals surface area contributed by atoms with Gasteiger partial charge in [0.25, 0.3) is 0 Å². The van der Waals surface area contributed by atoms with Crippen LogP contribution in [0.5, 0.6) is 0 Å². The lowest BCUT2D eigenvalue weighted by Crippen LogP contribution is -2.49. The van der Waals surface area contributed by atoms with Crippen molar-refractivity contribution in [1.29, 1.82) is 0 Å². The second kappa shape index (κ2) is 6.27. The molecule has 96 valence electrons. The summed E-state index contributed by atoms with van der Waals surface area (Å²) in [4.78, 5) is 0. The highest BCUT2D eigenvalue weighted by atomic mass is 32.2. The molecule has 0 saturated heterocycles. The van der Waals surface area contributed by atoms with Crippen molar-refractivity contribution in [3.05, 3.63) is 0 Å². The monoisotopic (exact) mass is 245 g/mol. The Balaban J connectivity index is 2.41. The van der Waals surface area contributed by atoms with Gasteiger partial charge in [0.15, 0.2) is 0 Å². The second-order valence-electron chi connectivity index (χ2n) is 5.83. The van der Waals surface area contributed by atoms with Gasteiger partial charge in [-0.25, -0.2) is 0 Å². The van der Waals surface area contributed by atoms with Crippen LogP contribution < -0.4 is 5.32 Å². The molecule has 0 heterocycles. The van der Waals surface area contributed by atoms with Gasteiger partial charge in [0.1, 0.15) is 0 Å². The minimum absolute atomic E-state index is 0.00279. The van der Waals surface area contributed by atoms with Crippen molar-refractivity contribution in [2.75, 3.05) is 12.4 Å². The average Bonchev–Trinajstić information content (AvgIpc) is 2.58. The predicted molar refractivity (Wildman–Crippen MR) is 73.0 cm³/mol. The van der Waals surface area contributed by atoms with Crippen LogP contribution in [-0.4, -0.2) is 34.3 Å². The fourth-order valence-electron chi connectivity index (χ4n) is 2.48. The van der Waals surface area contributed by atoms with Crippen LogP contribution in [0.2, 0.25) is 0 Å². The normalized spacial score (nSPS) is 30.6. The summed E-state index contributed by atoms with van der Waals surface area (Å²) in [5.41, 5.74) is 0.00279. The Morgan fingerprint density at radius 2 is 2.06 bits per heavy atom. The first-order valence-electron chi connectivity index (χ1n) is 6.47. The number of nitrogens with one attached hydrogen (secondary N) is 1. The van der Waals surface area contributed by atoms with Crippen molar-refractivity contribution in [2.24, 2.45) is 5.92 Å². The average molecular weight is 245 g/mol. The smallest absolute Gasteiger partial charge is 0.0613 e. The maximum Gasteiger partial charge on any atom is 0.0613 e. The quantitative estimate of drug-likeness (QED) is 0.754. The van der Waals surface area contributed by atoms with Crippen LogP contribution in [0, 0.1) is 5.92 Å². The largest absolute Gasteiger partial charge is 0.394 e. The first-order valence-corrected chi connectivity index (χ1v) is 7.52. The first-order chi connectivity index (χ1) is 7.47. The molecule has 0 radical (unpaired) electrons. The summed E-state index contributed by atoms with van der Waals surface area (Å²) in [7, 11) is 0. The predicted octanol–water partition coefficient (Wildman–Crippen LogP) is 2.66. The summed E-state index contributed by atoms with van der Waals surface area (Å²) < 4.78 is 0. The molecule has 16 heavy (non-hydrogen) atoms. The van der Waals surface area contributed by atoms with Crippen LogP contribution in [0.3, 0.4) is 0 Å². The van der Waals surface area contributed by atoms with Crippen LogP contribution in [-0.2, 0) is 0 Å².